The molecule has 0 unspecified atom stereocenters. The predicted molar refractivity (Wildman–Crippen MR) is 51.6 cm³/mol. The Balaban J connectivity index is 2.33. The molecule has 0 aliphatic rings. The molecule has 13 heavy (non-hydrogen) atoms. The second-order valence-corrected chi connectivity index (χ2v) is 3.78. The summed E-state index contributed by atoms with van der Waals surface area (Å²) in [5.41, 5.74) is 0.822. The Kier molecular flexibility index (Phi) is 2.16. The summed E-state index contributed by atoms with van der Waals surface area (Å²) < 4.78 is 1.68. The van der Waals surface area contributed by atoms with Gasteiger partial charge in [-0.05, 0) is 17.5 Å². The molecule has 4 heteroatoms. The fraction of sp³-hybridized carbons (Fsp3) is 0.222. The molecule has 3 nitrogen and oxygen atoms in total. The van der Waals surface area contributed by atoms with Crippen LogP contribution in [0.5, 0.6) is 0 Å². The molecule has 0 aliphatic carbocycles. The van der Waals surface area contributed by atoms with Crippen LogP contribution in [0.1, 0.15) is 16.7 Å². The van der Waals surface area contributed by atoms with Crippen molar-refractivity contribution in [1.29, 1.82) is 0 Å². The lowest BCUT2D eigenvalue weighted by Crippen LogP contribution is -2.04. The summed E-state index contributed by atoms with van der Waals surface area (Å²) >= 11 is 1.55. The first kappa shape index (κ1) is 8.47. The summed E-state index contributed by atoms with van der Waals surface area (Å²) in [6.07, 6.45) is 1.14. The van der Waals surface area contributed by atoms with E-state index in [0.29, 0.717) is 0 Å². The molecule has 68 valence electrons. The van der Waals surface area contributed by atoms with Gasteiger partial charge in [0.15, 0.2) is 0 Å². The highest BCUT2D eigenvalue weighted by atomic mass is 32.1. The van der Waals surface area contributed by atoms with Crippen LogP contribution < -0.4 is 0 Å². The van der Waals surface area contributed by atoms with Crippen molar-refractivity contribution in [2.45, 2.75) is 6.10 Å². The molecule has 1 N–H and O–H groups in total. The number of hydrogen-bond acceptors (Lipinski definition) is 3. The highest BCUT2D eigenvalue weighted by Crippen LogP contribution is 2.24. The average Bonchev–Trinajstić information content (AvgIpc) is 2.72. The third-order valence-electron chi connectivity index (χ3n) is 1.95. The molecule has 0 fully saturated rings. The minimum Gasteiger partial charge on any atom is -0.381 e. The molecule has 1 atom stereocenters. The Hall–Kier alpha value is -1.13. The Morgan fingerprint density at radius 1 is 1.54 bits per heavy atom. The summed E-state index contributed by atoms with van der Waals surface area (Å²) in [5, 5.41) is 15.9. The lowest BCUT2D eigenvalue weighted by molar-refractivity contribution is 0.213. The summed E-state index contributed by atoms with van der Waals surface area (Å²) in [6.45, 7) is 0. The van der Waals surface area contributed by atoms with E-state index in [1.165, 1.54) is 0 Å². The number of thiophene rings is 1. The number of nitrogens with zero attached hydrogens (tertiary/aromatic N) is 2. The average molecular weight is 194 g/mol. The van der Waals surface area contributed by atoms with Gasteiger partial charge >= 0.3 is 0 Å². The lowest BCUT2D eigenvalue weighted by Gasteiger charge is -2.07. The van der Waals surface area contributed by atoms with E-state index in [0.717, 1.165) is 10.6 Å². The number of aliphatic hydroxyl groups excluding tert-OH is 1. The predicted octanol–water partition coefficient (Wildman–Crippen LogP) is 1.56. The van der Waals surface area contributed by atoms with Gasteiger partial charge in [-0.3, -0.25) is 4.68 Å². The van der Waals surface area contributed by atoms with Gasteiger partial charge in [0.05, 0.1) is 5.69 Å². The highest BCUT2D eigenvalue weighted by Gasteiger charge is 2.13. The van der Waals surface area contributed by atoms with Crippen LogP contribution in [0.25, 0.3) is 0 Å². The molecule has 0 spiro atoms. The third-order valence-corrected chi connectivity index (χ3v) is 2.88. The summed E-state index contributed by atoms with van der Waals surface area (Å²) in [4.78, 5) is 0.948. The van der Waals surface area contributed by atoms with Gasteiger partial charge in [0.25, 0.3) is 0 Å². The number of aryl methyl sites for hydroxylation is 1. The van der Waals surface area contributed by atoms with E-state index in [1.54, 1.807) is 22.2 Å². The van der Waals surface area contributed by atoms with Crippen LogP contribution in [0, 0.1) is 0 Å². The largest absolute Gasteiger partial charge is 0.381 e. The summed E-state index contributed by atoms with van der Waals surface area (Å²) in [7, 11) is 1.83. The van der Waals surface area contributed by atoms with E-state index in [9.17, 15) is 5.11 Å². The zero-order chi connectivity index (χ0) is 9.26. The Bertz CT molecular complexity index is 380. The first-order chi connectivity index (χ1) is 6.29. The first-order valence-electron chi connectivity index (χ1n) is 3.98. The van der Waals surface area contributed by atoms with E-state index >= 15 is 0 Å². The van der Waals surface area contributed by atoms with E-state index in [2.05, 4.69) is 5.10 Å². The number of hydrogen-bond donors (Lipinski definition) is 1. The molecule has 2 aromatic heterocycles. The van der Waals surface area contributed by atoms with E-state index < -0.39 is 6.10 Å². The van der Waals surface area contributed by atoms with Crippen molar-refractivity contribution in [1.82, 2.24) is 9.78 Å². The molecule has 0 saturated carbocycles. The van der Waals surface area contributed by atoms with Gasteiger partial charge in [0.1, 0.15) is 6.10 Å². The normalized spacial score (nSPS) is 13.1. The topological polar surface area (TPSA) is 38.0 Å². The molecule has 0 amide bonds. The highest BCUT2D eigenvalue weighted by molar-refractivity contribution is 7.10. The number of aliphatic hydroxyl groups is 1. The fourth-order valence-corrected chi connectivity index (χ4v) is 1.97. The van der Waals surface area contributed by atoms with E-state index in [-0.39, 0.29) is 0 Å². The number of rotatable bonds is 2. The van der Waals surface area contributed by atoms with Crippen LogP contribution in [-0.2, 0) is 7.05 Å². The first-order valence-corrected chi connectivity index (χ1v) is 4.86. The van der Waals surface area contributed by atoms with Gasteiger partial charge in [-0.25, -0.2) is 0 Å². The van der Waals surface area contributed by atoms with Crippen molar-refractivity contribution in [2.75, 3.05) is 0 Å². The minimum atomic E-state index is -0.549. The third kappa shape index (κ3) is 1.50. The summed E-state index contributed by atoms with van der Waals surface area (Å²) in [6, 6.07) is 5.67. The molecule has 0 bridgehead atoms. The second-order valence-electron chi connectivity index (χ2n) is 2.80. The maximum atomic E-state index is 9.90. The van der Waals surface area contributed by atoms with Crippen molar-refractivity contribution >= 4 is 11.3 Å². The summed E-state index contributed by atoms with van der Waals surface area (Å²) in [5.74, 6) is 0. The molecule has 2 rings (SSSR count). The van der Waals surface area contributed by atoms with Gasteiger partial charge in [-0.15, -0.1) is 11.3 Å². The standard InChI is InChI=1S/C9H10N2OS/c1-11-7(4-5-10-11)9(12)8-3-2-6-13-8/h2-6,9,12H,1H3/t9-/m1/s1. The van der Waals surface area contributed by atoms with Crippen LogP contribution >= 0.6 is 11.3 Å². The van der Waals surface area contributed by atoms with Crippen LogP contribution in [0.15, 0.2) is 29.8 Å². The van der Waals surface area contributed by atoms with Crippen LogP contribution in [-0.4, -0.2) is 14.9 Å². The Morgan fingerprint density at radius 3 is 2.92 bits per heavy atom. The number of aromatic nitrogens is 2. The smallest absolute Gasteiger partial charge is 0.130 e. The minimum absolute atomic E-state index is 0.549. The van der Waals surface area contributed by atoms with Crippen molar-refractivity contribution < 1.29 is 5.11 Å². The van der Waals surface area contributed by atoms with Crippen LogP contribution in [0.2, 0.25) is 0 Å². The Labute approximate surface area is 80.3 Å². The second kappa shape index (κ2) is 3.32. The monoisotopic (exact) mass is 194 g/mol. The van der Waals surface area contributed by atoms with Crippen molar-refractivity contribution in [3.8, 4) is 0 Å². The molecule has 0 radical (unpaired) electrons. The zero-order valence-electron chi connectivity index (χ0n) is 7.21. The lowest BCUT2D eigenvalue weighted by atomic mass is 10.2. The fourth-order valence-electron chi connectivity index (χ4n) is 1.24. The van der Waals surface area contributed by atoms with Crippen LogP contribution in [0.4, 0.5) is 0 Å². The maximum absolute atomic E-state index is 9.90. The maximum Gasteiger partial charge on any atom is 0.130 e. The van der Waals surface area contributed by atoms with Crippen molar-refractivity contribution in [2.24, 2.45) is 7.05 Å². The molecule has 2 aromatic rings. The quantitative estimate of drug-likeness (QED) is 0.788. The van der Waals surface area contributed by atoms with Gasteiger partial charge in [-0.1, -0.05) is 6.07 Å². The SMILES string of the molecule is Cn1nccc1[C@@H](O)c1cccs1. The molecular weight excluding hydrogens is 184 g/mol. The Morgan fingerprint density at radius 2 is 2.38 bits per heavy atom. The molecule has 2 heterocycles. The molecule has 0 saturated heterocycles. The molecule has 0 aliphatic heterocycles. The molecular formula is C9H10N2OS. The van der Waals surface area contributed by atoms with E-state index in [1.807, 2.05) is 30.6 Å². The van der Waals surface area contributed by atoms with Crippen molar-refractivity contribution in [3.63, 3.8) is 0 Å². The van der Waals surface area contributed by atoms with Gasteiger partial charge < -0.3 is 5.11 Å². The van der Waals surface area contributed by atoms with Gasteiger partial charge in [-0.2, -0.15) is 5.10 Å². The molecule has 0 aromatic carbocycles. The van der Waals surface area contributed by atoms with E-state index in [4.69, 9.17) is 0 Å². The van der Waals surface area contributed by atoms with Crippen molar-refractivity contribution in [3.05, 3.63) is 40.3 Å². The van der Waals surface area contributed by atoms with Gasteiger partial charge in [0.2, 0.25) is 0 Å². The van der Waals surface area contributed by atoms with Gasteiger partial charge in [0, 0.05) is 18.1 Å². The van der Waals surface area contributed by atoms with Crippen LogP contribution in [0.3, 0.4) is 0 Å². The zero-order valence-corrected chi connectivity index (χ0v) is 8.03.